The molecule has 1 aliphatic heterocycles. The molecule has 0 aliphatic carbocycles. The van der Waals surface area contributed by atoms with Crippen molar-refractivity contribution in [3.8, 4) is 5.75 Å². The Kier molecular flexibility index (Phi) is 6.57. The van der Waals surface area contributed by atoms with Gasteiger partial charge in [0.25, 0.3) is 0 Å². The maximum Gasteiger partial charge on any atom is 0.329 e. The molecular formula is C17H24N2O5. The van der Waals surface area contributed by atoms with Crippen LogP contribution in [0.5, 0.6) is 5.75 Å². The number of benzene rings is 1. The first-order chi connectivity index (χ1) is 11.5. The number of piperidine rings is 1. The number of carbonyl (C=O) groups excluding carboxylic acids is 1. The van der Waals surface area contributed by atoms with E-state index in [1.54, 1.807) is 12.0 Å². The van der Waals surface area contributed by atoms with Gasteiger partial charge in [-0.1, -0.05) is 12.1 Å². The Morgan fingerprint density at radius 3 is 2.46 bits per heavy atom. The highest BCUT2D eigenvalue weighted by atomic mass is 16.5. The molecule has 0 spiro atoms. The van der Waals surface area contributed by atoms with Crippen molar-refractivity contribution >= 4 is 11.9 Å². The zero-order valence-electron chi connectivity index (χ0n) is 13.8. The zero-order chi connectivity index (χ0) is 17.5. The Labute approximate surface area is 141 Å². The van der Waals surface area contributed by atoms with Gasteiger partial charge in [-0.25, -0.2) is 4.79 Å². The third kappa shape index (κ3) is 5.21. The smallest absolute Gasteiger partial charge is 0.329 e. The van der Waals surface area contributed by atoms with Gasteiger partial charge in [-0.15, -0.1) is 0 Å². The predicted octanol–water partition coefficient (Wildman–Crippen LogP) is 0.657. The van der Waals surface area contributed by atoms with E-state index in [0.717, 1.165) is 11.3 Å². The summed E-state index contributed by atoms with van der Waals surface area (Å²) in [5, 5.41) is 8.62. The van der Waals surface area contributed by atoms with Crippen LogP contribution in [-0.4, -0.2) is 60.8 Å². The van der Waals surface area contributed by atoms with Crippen molar-refractivity contribution in [2.24, 2.45) is 5.73 Å². The minimum Gasteiger partial charge on any atom is -0.497 e. The minimum atomic E-state index is -0.977. The van der Waals surface area contributed by atoms with Crippen molar-refractivity contribution in [1.82, 2.24) is 4.90 Å². The summed E-state index contributed by atoms with van der Waals surface area (Å²) in [4.78, 5) is 24.7. The molecule has 7 nitrogen and oxygen atoms in total. The van der Waals surface area contributed by atoms with Gasteiger partial charge in [-0.05, 0) is 37.0 Å². The van der Waals surface area contributed by atoms with E-state index < -0.39 is 12.0 Å². The van der Waals surface area contributed by atoms with Gasteiger partial charge in [-0.2, -0.15) is 0 Å². The van der Waals surface area contributed by atoms with E-state index in [1.807, 2.05) is 24.3 Å². The Balaban J connectivity index is 1.79. The van der Waals surface area contributed by atoms with Crippen LogP contribution in [0.1, 0.15) is 18.4 Å². The Bertz CT molecular complexity index is 553. The molecule has 0 radical (unpaired) electrons. The van der Waals surface area contributed by atoms with Crippen molar-refractivity contribution in [2.75, 3.05) is 26.8 Å². The number of carboxylic acids is 1. The first-order valence-electron chi connectivity index (χ1n) is 8.00. The first-order valence-corrected chi connectivity index (χ1v) is 8.00. The van der Waals surface area contributed by atoms with E-state index in [-0.39, 0.29) is 18.6 Å². The van der Waals surface area contributed by atoms with Gasteiger partial charge >= 0.3 is 5.97 Å². The summed E-state index contributed by atoms with van der Waals surface area (Å²) in [6, 6.07) is 6.90. The van der Waals surface area contributed by atoms with Crippen molar-refractivity contribution < 1.29 is 24.2 Å². The molecule has 1 saturated heterocycles. The molecule has 1 atom stereocenters. The standard InChI is InChI=1S/C17H24N2O5/c1-23-13-4-2-12(3-5-13)10-15(18)17(22)19-8-6-14(7-9-19)24-11-16(20)21/h2-5,14-15H,6-11,18H2,1H3,(H,20,21). The lowest BCUT2D eigenvalue weighted by Crippen LogP contribution is -2.49. The van der Waals surface area contributed by atoms with Crippen LogP contribution >= 0.6 is 0 Å². The first kappa shape index (κ1) is 18.2. The van der Waals surface area contributed by atoms with E-state index >= 15 is 0 Å². The number of amides is 1. The van der Waals surface area contributed by atoms with Crippen LogP contribution in [0.2, 0.25) is 0 Å². The number of nitrogens with two attached hydrogens (primary N) is 1. The normalized spacial score (nSPS) is 16.7. The number of hydrogen-bond donors (Lipinski definition) is 2. The third-order valence-electron chi connectivity index (χ3n) is 4.13. The van der Waals surface area contributed by atoms with Gasteiger partial charge in [0.15, 0.2) is 0 Å². The second kappa shape index (κ2) is 8.65. The van der Waals surface area contributed by atoms with E-state index in [4.69, 9.17) is 20.3 Å². The van der Waals surface area contributed by atoms with Crippen molar-refractivity contribution in [3.63, 3.8) is 0 Å². The van der Waals surface area contributed by atoms with E-state index in [9.17, 15) is 9.59 Å². The number of likely N-dealkylation sites (tertiary alicyclic amines) is 1. The monoisotopic (exact) mass is 336 g/mol. The molecule has 1 aliphatic rings. The molecule has 7 heteroatoms. The number of methoxy groups -OCH3 is 1. The van der Waals surface area contributed by atoms with Crippen molar-refractivity contribution in [1.29, 1.82) is 0 Å². The summed E-state index contributed by atoms with van der Waals surface area (Å²) in [6.07, 6.45) is 1.63. The zero-order valence-corrected chi connectivity index (χ0v) is 13.8. The maximum atomic E-state index is 12.4. The number of aliphatic carboxylic acids is 1. The molecule has 1 heterocycles. The second-order valence-corrected chi connectivity index (χ2v) is 5.89. The summed E-state index contributed by atoms with van der Waals surface area (Å²) in [5.74, 6) is -0.292. The fraction of sp³-hybridized carbons (Fsp3) is 0.529. The molecule has 1 fully saturated rings. The number of rotatable bonds is 7. The van der Waals surface area contributed by atoms with Crippen LogP contribution < -0.4 is 10.5 Å². The summed E-state index contributed by atoms with van der Waals surface area (Å²) in [5.41, 5.74) is 7.03. The van der Waals surface area contributed by atoms with Crippen LogP contribution in [0.3, 0.4) is 0 Å². The summed E-state index contributed by atoms with van der Waals surface area (Å²) in [6.45, 7) is 0.786. The third-order valence-corrected chi connectivity index (χ3v) is 4.13. The van der Waals surface area contributed by atoms with Gasteiger partial charge in [-0.3, -0.25) is 4.79 Å². The van der Waals surface area contributed by atoms with Gasteiger partial charge in [0.05, 0.1) is 19.3 Å². The molecule has 1 aromatic carbocycles. The summed E-state index contributed by atoms with van der Waals surface area (Å²) in [7, 11) is 1.61. The highest BCUT2D eigenvalue weighted by Crippen LogP contribution is 2.16. The lowest BCUT2D eigenvalue weighted by Gasteiger charge is -2.33. The van der Waals surface area contributed by atoms with Gasteiger partial charge in [0.2, 0.25) is 5.91 Å². The fourth-order valence-electron chi connectivity index (χ4n) is 2.77. The molecule has 24 heavy (non-hydrogen) atoms. The van der Waals surface area contributed by atoms with Crippen LogP contribution in [0.25, 0.3) is 0 Å². The van der Waals surface area contributed by atoms with Crippen molar-refractivity contribution in [3.05, 3.63) is 29.8 Å². The molecule has 1 amide bonds. The van der Waals surface area contributed by atoms with Crippen LogP contribution in [0.15, 0.2) is 24.3 Å². The molecule has 1 aromatic rings. The van der Waals surface area contributed by atoms with Gasteiger partial charge in [0, 0.05) is 13.1 Å². The molecule has 3 N–H and O–H groups in total. The average Bonchev–Trinajstić information content (AvgIpc) is 2.60. The lowest BCUT2D eigenvalue weighted by atomic mass is 10.0. The molecular weight excluding hydrogens is 312 g/mol. The molecule has 132 valence electrons. The van der Waals surface area contributed by atoms with Crippen LogP contribution in [0, 0.1) is 0 Å². The highest BCUT2D eigenvalue weighted by molar-refractivity contribution is 5.82. The Morgan fingerprint density at radius 1 is 1.29 bits per heavy atom. The minimum absolute atomic E-state index is 0.0810. The number of carboxylic acid groups (broad SMARTS) is 1. The topological polar surface area (TPSA) is 102 Å². The van der Waals surface area contributed by atoms with E-state index in [0.29, 0.717) is 32.4 Å². The second-order valence-electron chi connectivity index (χ2n) is 5.89. The fourth-order valence-corrected chi connectivity index (χ4v) is 2.77. The Morgan fingerprint density at radius 2 is 1.92 bits per heavy atom. The van der Waals surface area contributed by atoms with Crippen LogP contribution in [-0.2, 0) is 20.7 Å². The molecule has 0 aromatic heterocycles. The SMILES string of the molecule is COc1ccc(CC(N)C(=O)N2CCC(OCC(=O)O)CC2)cc1. The average molecular weight is 336 g/mol. The highest BCUT2D eigenvalue weighted by Gasteiger charge is 2.27. The number of nitrogens with zero attached hydrogens (tertiary/aromatic N) is 1. The van der Waals surface area contributed by atoms with Crippen LogP contribution in [0.4, 0.5) is 0 Å². The van der Waals surface area contributed by atoms with Gasteiger partial charge in [0.1, 0.15) is 12.4 Å². The lowest BCUT2D eigenvalue weighted by molar-refractivity contribution is -0.147. The number of carbonyl (C=O) groups is 2. The maximum absolute atomic E-state index is 12.4. The quantitative estimate of drug-likeness (QED) is 0.758. The number of ether oxygens (including phenoxy) is 2. The van der Waals surface area contributed by atoms with Gasteiger partial charge < -0.3 is 25.2 Å². The molecule has 0 saturated carbocycles. The summed E-state index contributed by atoms with van der Waals surface area (Å²) >= 11 is 0. The van der Waals surface area contributed by atoms with Crippen molar-refractivity contribution in [2.45, 2.75) is 31.4 Å². The van der Waals surface area contributed by atoms with E-state index in [1.165, 1.54) is 0 Å². The van der Waals surface area contributed by atoms with E-state index in [2.05, 4.69) is 0 Å². The predicted molar refractivity (Wildman–Crippen MR) is 87.9 cm³/mol. The largest absolute Gasteiger partial charge is 0.497 e. The number of hydrogen-bond acceptors (Lipinski definition) is 5. The molecule has 2 rings (SSSR count). The Hall–Kier alpha value is -2.12. The summed E-state index contributed by atoms with van der Waals surface area (Å²) < 4.78 is 10.4. The molecule has 0 bridgehead atoms. The molecule has 1 unspecified atom stereocenters.